The van der Waals surface area contributed by atoms with Gasteiger partial charge in [-0.2, -0.15) is 0 Å². The lowest BCUT2D eigenvalue weighted by Gasteiger charge is -2.18. The van der Waals surface area contributed by atoms with Crippen molar-refractivity contribution in [1.82, 2.24) is 0 Å². The molecule has 0 fully saturated rings. The van der Waals surface area contributed by atoms with Crippen molar-refractivity contribution in [3.63, 3.8) is 0 Å². The molecule has 8 heteroatoms. The summed E-state index contributed by atoms with van der Waals surface area (Å²) in [7, 11) is 0. The lowest BCUT2D eigenvalue weighted by Crippen LogP contribution is -2.29. The molecule has 1 aliphatic rings. The van der Waals surface area contributed by atoms with Crippen molar-refractivity contribution in [2.24, 2.45) is 0 Å². The number of carbonyl (C=O) groups is 4. The molecule has 8 nitrogen and oxygen atoms in total. The minimum atomic E-state index is -1.24. The zero-order valence-corrected chi connectivity index (χ0v) is 13.6. The fraction of sp³-hybridized carbons (Fsp3) is 0.500. The van der Waals surface area contributed by atoms with Gasteiger partial charge in [-0.05, 0) is 32.9 Å². The summed E-state index contributed by atoms with van der Waals surface area (Å²) in [6.07, 6.45) is -0.396. The summed E-state index contributed by atoms with van der Waals surface area (Å²) in [6.45, 7) is 4.27. The van der Waals surface area contributed by atoms with Crippen LogP contribution in [0.1, 0.15) is 27.2 Å². The summed E-state index contributed by atoms with van der Waals surface area (Å²) in [5.74, 6) is -2.97. The van der Waals surface area contributed by atoms with Gasteiger partial charge in [0.2, 0.25) is 0 Å². The van der Waals surface area contributed by atoms with Gasteiger partial charge in [0.05, 0.1) is 6.42 Å². The van der Waals surface area contributed by atoms with E-state index in [4.69, 9.17) is 14.2 Å². The Bertz CT molecular complexity index is 562. The van der Waals surface area contributed by atoms with Crippen LogP contribution in [0.15, 0.2) is 24.3 Å². The van der Waals surface area contributed by atoms with E-state index in [1.165, 1.54) is 20.8 Å². The Morgan fingerprint density at radius 1 is 0.917 bits per heavy atom. The minimum Gasteiger partial charge on any atom is -0.459 e. The molecule has 0 spiro atoms. The predicted octanol–water partition coefficient (Wildman–Crippen LogP) is 0.228. The molecule has 1 aliphatic heterocycles. The maximum atomic E-state index is 11.7. The molecular weight excluding hydrogens is 320 g/mol. The number of rotatable bonds is 0. The van der Waals surface area contributed by atoms with Crippen LogP contribution in [-0.4, -0.2) is 53.2 Å². The van der Waals surface area contributed by atoms with Crippen LogP contribution in [0, 0.1) is 0 Å². The highest BCUT2D eigenvalue weighted by atomic mass is 16.6. The topological polar surface area (TPSA) is 116 Å². The Hall–Kier alpha value is -2.48. The van der Waals surface area contributed by atoms with Gasteiger partial charge in [0.25, 0.3) is 0 Å². The average Bonchev–Trinajstić information content (AvgIpc) is 2.48. The quantitative estimate of drug-likeness (QED) is 0.492. The first-order valence-corrected chi connectivity index (χ1v) is 7.38. The predicted molar refractivity (Wildman–Crippen MR) is 80.6 cm³/mol. The number of hydrogen-bond donors (Lipinski definition) is 1. The normalized spacial score (nSPS) is 33.2. The fourth-order valence-corrected chi connectivity index (χ4v) is 1.73. The van der Waals surface area contributed by atoms with Crippen molar-refractivity contribution >= 4 is 23.7 Å². The number of hydrogen-bond acceptors (Lipinski definition) is 8. The molecule has 0 aromatic rings. The Morgan fingerprint density at radius 3 is 2.21 bits per heavy atom. The summed E-state index contributed by atoms with van der Waals surface area (Å²) in [6, 6.07) is 0. The number of aliphatic hydroxyl groups excluding tert-OH is 1. The van der Waals surface area contributed by atoms with E-state index >= 15 is 0 Å². The molecule has 0 saturated heterocycles. The maximum absolute atomic E-state index is 11.7. The number of carbonyl (C=O) groups excluding carboxylic acids is 4. The standard InChI is InChI=1S/C16H20O8/c1-9-8-16(21)24-11(3)13(18)5-7-15(20)23-10(2)12(17)4-6-14(19)22-9/h4-7,9-11,13,18H,8H2,1-3H3/b6-4+,7-5+/t9-,10-,11-,13+/m0/s1. The van der Waals surface area contributed by atoms with E-state index in [1.54, 1.807) is 0 Å². The highest BCUT2D eigenvalue weighted by molar-refractivity contribution is 5.99. The number of aliphatic hydroxyl groups is 1. The Labute approximate surface area is 139 Å². The summed E-state index contributed by atoms with van der Waals surface area (Å²) >= 11 is 0. The van der Waals surface area contributed by atoms with Crippen LogP contribution in [0.5, 0.6) is 0 Å². The number of esters is 3. The van der Waals surface area contributed by atoms with Gasteiger partial charge in [-0.15, -0.1) is 0 Å². The van der Waals surface area contributed by atoms with Gasteiger partial charge in [0, 0.05) is 12.2 Å². The molecule has 0 aliphatic carbocycles. The SMILES string of the molecule is C[C@@H]1OC(=O)/C=C/[C@@H](O)[C@H](C)OC(=O)C[C@H](C)OC(=O)/C=C/C1=O. The summed E-state index contributed by atoms with van der Waals surface area (Å²) in [4.78, 5) is 46.5. The van der Waals surface area contributed by atoms with Gasteiger partial charge < -0.3 is 19.3 Å². The van der Waals surface area contributed by atoms with Gasteiger partial charge >= 0.3 is 17.9 Å². The second kappa shape index (κ2) is 8.97. The van der Waals surface area contributed by atoms with E-state index in [-0.39, 0.29) is 6.42 Å². The van der Waals surface area contributed by atoms with E-state index in [0.29, 0.717) is 0 Å². The third-order valence-electron chi connectivity index (χ3n) is 3.08. The van der Waals surface area contributed by atoms with E-state index < -0.39 is 48.1 Å². The van der Waals surface area contributed by atoms with Gasteiger partial charge in [-0.3, -0.25) is 9.59 Å². The second-order valence-corrected chi connectivity index (χ2v) is 5.31. The van der Waals surface area contributed by atoms with Gasteiger partial charge in [0.1, 0.15) is 18.3 Å². The lowest BCUT2D eigenvalue weighted by molar-refractivity contribution is -0.157. The first kappa shape index (κ1) is 19.6. The van der Waals surface area contributed by atoms with Crippen LogP contribution in [0.25, 0.3) is 0 Å². The van der Waals surface area contributed by atoms with Crippen LogP contribution < -0.4 is 0 Å². The van der Waals surface area contributed by atoms with Crippen molar-refractivity contribution < 1.29 is 38.5 Å². The van der Waals surface area contributed by atoms with Crippen LogP contribution in [0.3, 0.4) is 0 Å². The number of ketones is 1. The maximum Gasteiger partial charge on any atom is 0.331 e. The first-order chi connectivity index (χ1) is 11.2. The van der Waals surface area contributed by atoms with Gasteiger partial charge in [0.15, 0.2) is 11.9 Å². The monoisotopic (exact) mass is 340 g/mol. The first-order valence-electron chi connectivity index (χ1n) is 7.38. The highest BCUT2D eigenvalue weighted by Gasteiger charge is 2.21. The highest BCUT2D eigenvalue weighted by Crippen LogP contribution is 2.08. The molecule has 0 unspecified atom stereocenters. The van der Waals surface area contributed by atoms with E-state index in [2.05, 4.69) is 0 Å². The molecule has 132 valence electrons. The molecule has 1 rings (SSSR count). The molecule has 0 radical (unpaired) electrons. The number of cyclic esters (lactones) is 3. The molecule has 4 atom stereocenters. The largest absolute Gasteiger partial charge is 0.459 e. The molecule has 0 bridgehead atoms. The fourth-order valence-electron chi connectivity index (χ4n) is 1.73. The third kappa shape index (κ3) is 6.74. The average molecular weight is 340 g/mol. The summed E-state index contributed by atoms with van der Waals surface area (Å²) in [5.41, 5.74) is 0. The molecule has 0 aromatic carbocycles. The van der Waals surface area contributed by atoms with Crippen LogP contribution in [0.2, 0.25) is 0 Å². The lowest BCUT2D eigenvalue weighted by atomic mass is 10.2. The van der Waals surface area contributed by atoms with Crippen molar-refractivity contribution in [2.75, 3.05) is 0 Å². The minimum absolute atomic E-state index is 0.216. The third-order valence-corrected chi connectivity index (χ3v) is 3.08. The number of ether oxygens (including phenoxy) is 3. The summed E-state index contributed by atoms with van der Waals surface area (Å²) < 4.78 is 14.7. The molecule has 1 heterocycles. The molecule has 24 heavy (non-hydrogen) atoms. The Balaban J connectivity index is 2.93. The van der Waals surface area contributed by atoms with E-state index in [1.807, 2.05) is 0 Å². The van der Waals surface area contributed by atoms with Crippen molar-refractivity contribution in [2.45, 2.75) is 51.6 Å². The smallest absolute Gasteiger partial charge is 0.331 e. The summed E-state index contributed by atoms with van der Waals surface area (Å²) in [5, 5.41) is 9.81. The zero-order chi connectivity index (χ0) is 18.3. The van der Waals surface area contributed by atoms with Crippen molar-refractivity contribution in [3.05, 3.63) is 24.3 Å². The van der Waals surface area contributed by atoms with Crippen LogP contribution in [-0.2, 0) is 33.4 Å². The van der Waals surface area contributed by atoms with Crippen LogP contribution in [0.4, 0.5) is 0 Å². The molecule has 0 aromatic heterocycles. The van der Waals surface area contributed by atoms with Crippen molar-refractivity contribution in [1.29, 1.82) is 0 Å². The van der Waals surface area contributed by atoms with E-state index in [0.717, 1.165) is 24.3 Å². The van der Waals surface area contributed by atoms with Gasteiger partial charge in [-0.25, -0.2) is 9.59 Å². The zero-order valence-electron chi connectivity index (χ0n) is 13.6. The van der Waals surface area contributed by atoms with Gasteiger partial charge in [-0.1, -0.05) is 0 Å². The molecular formula is C16H20O8. The Morgan fingerprint density at radius 2 is 1.54 bits per heavy atom. The molecule has 0 saturated carbocycles. The Kier molecular flexibility index (Phi) is 7.31. The van der Waals surface area contributed by atoms with Crippen molar-refractivity contribution in [3.8, 4) is 0 Å². The molecule has 1 N–H and O–H groups in total. The second-order valence-electron chi connectivity index (χ2n) is 5.31. The van der Waals surface area contributed by atoms with E-state index in [9.17, 15) is 24.3 Å². The van der Waals surface area contributed by atoms with Crippen LogP contribution >= 0.6 is 0 Å². The molecule has 0 amide bonds.